The maximum atomic E-state index is 13.0. The Morgan fingerprint density at radius 1 is 0.794 bits per heavy atom. The van der Waals surface area contributed by atoms with E-state index in [1.807, 2.05) is 60.7 Å². The maximum absolute atomic E-state index is 13.0. The molecule has 0 bridgehead atoms. The van der Waals surface area contributed by atoms with E-state index in [1.165, 1.54) is 0 Å². The van der Waals surface area contributed by atoms with Gasteiger partial charge in [0.05, 0.1) is 6.61 Å². The number of benzene rings is 2. The number of nitrogens with zero attached hydrogens (tertiary/aromatic N) is 1. The minimum absolute atomic E-state index is 0.193. The number of hydrogen-bond acceptors (Lipinski definition) is 5. The average molecular weight is 461 g/mol. The quantitative estimate of drug-likeness (QED) is 0.403. The second-order valence-electron chi connectivity index (χ2n) is 7.58. The molecule has 2 aromatic carbocycles. The SMILES string of the molecule is CCOC(=O)[C@H](Cc1ccccc1)NC(=O)N[C@@H](Cc1ccccc1)C(=O)Nc1ccncc1. The first-order valence-electron chi connectivity index (χ1n) is 11.1. The molecule has 0 fully saturated rings. The van der Waals surface area contributed by atoms with E-state index in [9.17, 15) is 14.4 Å². The van der Waals surface area contributed by atoms with Crippen LogP contribution >= 0.6 is 0 Å². The molecule has 1 heterocycles. The van der Waals surface area contributed by atoms with E-state index in [4.69, 9.17) is 4.74 Å². The van der Waals surface area contributed by atoms with Crippen molar-refractivity contribution in [1.29, 1.82) is 0 Å². The molecular formula is C26H28N4O4. The Hall–Kier alpha value is -4.20. The van der Waals surface area contributed by atoms with Crippen molar-refractivity contribution in [1.82, 2.24) is 15.6 Å². The highest BCUT2D eigenvalue weighted by molar-refractivity contribution is 5.97. The minimum atomic E-state index is -0.900. The first-order chi connectivity index (χ1) is 16.5. The predicted molar refractivity (Wildman–Crippen MR) is 129 cm³/mol. The zero-order chi connectivity index (χ0) is 24.2. The van der Waals surface area contributed by atoms with Crippen molar-refractivity contribution >= 4 is 23.6 Å². The van der Waals surface area contributed by atoms with Gasteiger partial charge in [-0.05, 0) is 30.2 Å². The summed E-state index contributed by atoms with van der Waals surface area (Å²) in [5.74, 6) is -0.928. The third-order valence-electron chi connectivity index (χ3n) is 5.01. The molecule has 3 rings (SSSR count). The Balaban J connectivity index is 1.72. The van der Waals surface area contributed by atoms with Crippen molar-refractivity contribution in [3.63, 3.8) is 0 Å². The summed E-state index contributed by atoms with van der Waals surface area (Å²) in [7, 11) is 0. The molecule has 1 aromatic heterocycles. The highest BCUT2D eigenvalue weighted by Crippen LogP contribution is 2.09. The monoisotopic (exact) mass is 460 g/mol. The topological polar surface area (TPSA) is 109 Å². The first kappa shape index (κ1) is 24.4. The molecule has 34 heavy (non-hydrogen) atoms. The number of esters is 1. The molecular weight excluding hydrogens is 432 g/mol. The van der Waals surface area contributed by atoms with E-state index < -0.39 is 24.1 Å². The Morgan fingerprint density at radius 3 is 1.88 bits per heavy atom. The van der Waals surface area contributed by atoms with Gasteiger partial charge in [0.15, 0.2) is 0 Å². The fourth-order valence-electron chi connectivity index (χ4n) is 3.37. The molecule has 0 aliphatic heterocycles. The summed E-state index contributed by atoms with van der Waals surface area (Å²) >= 11 is 0. The van der Waals surface area contributed by atoms with E-state index in [-0.39, 0.29) is 25.4 Å². The molecule has 8 heteroatoms. The molecule has 0 aliphatic carbocycles. The van der Waals surface area contributed by atoms with E-state index in [0.29, 0.717) is 5.69 Å². The van der Waals surface area contributed by atoms with Crippen LogP contribution in [-0.4, -0.2) is 41.6 Å². The van der Waals surface area contributed by atoms with Crippen LogP contribution in [0.3, 0.4) is 0 Å². The fourth-order valence-corrected chi connectivity index (χ4v) is 3.37. The Labute approximate surface area is 198 Å². The number of rotatable bonds is 10. The minimum Gasteiger partial charge on any atom is -0.464 e. The molecule has 0 saturated carbocycles. The van der Waals surface area contributed by atoms with Crippen molar-refractivity contribution in [2.75, 3.05) is 11.9 Å². The molecule has 3 amide bonds. The summed E-state index contributed by atoms with van der Waals surface area (Å²) < 4.78 is 5.14. The van der Waals surface area contributed by atoms with Gasteiger partial charge in [0.2, 0.25) is 5.91 Å². The lowest BCUT2D eigenvalue weighted by Crippen LogP contribution is -2.53. The molecule has 3 N–H and O–H groups in total. The third-order valence-corrected chi connectivity index (χ3v) is 5.01. The Morgan fingerprint density at radius 2 is 1.32 bits per heavy atom. The maximum Gasteiger partial charge on any atom is 0.329 e. The molecule has 2 atom stereocenters. The summed E-state index contributed by atoms with van der Waals surface area (Å²) in [6, 6.07) is 19.6. The zero-order valence-corrected chi connectivity index (χ0v) is 18.9. The van der Waals surface area contributed by atoms with E-state index >= 15 is 0 Å². The smallest absolute Gasteiger partial charge is 0.329 e. The number of hydrogen-bond donors (Lipinski definition) is 3. The van der Waals surface area contributed by atoms with Crippen LogP contribution in [0.1, 0.15) is 18.1 Å². The molecule has 8 nitrogen and oxygen atoms in total. The van der Waals surface area contributed by atoms with Crippen LogP contribution in [0.4, 0.5) is 10.5 Å². The second-order valence-corrected chi connectivity index (χ2v) is 7.58. The van der Waals surface area contributed by atoms with Gasteiger partial charge in [0, 0.05) is 30.9 Å². The Kier molecular flexibility index (Phi) is 9.16. The molecule has 3 aromatic rings. The van der Waals surface area contributed by atoms with Crippen molar-refractivity contribution in [2.45, 2.75) is 31.8 Å². The predicted octanol–water partition coefficient (Wildman–Crippen LogP) is 3.11. The van der Waals surface area contributed by atoms with Gasteiger partial charge >= 0.3 is 12.0 Å². The zero-order valence-electron chi connectivity index (χ0n) is 18.9. The number of aromatic nitrogens is 1. The van der Waals surface area contributed by atoms with Gasteiger partial charge in [-0.15, -0.1) is 0 Å². The van der Waals surface area contributed by atoms with Crippen molar-refractivity contribution in [3.8, 4) is 0 Å². The number of ether oxygens (including phenoxy) is 1. The van der Waals surface area contributed by atoms with Crippen molar-refractivity contribution in [3.05, 3.63) is 96.3 Å². The van der Waals surface area contributed by atoms with Gasteiger partial charge in [-0.25, -0.2) is 9.59 Å². The van der Waals surface area contributed by atoms with Gasteiger partial charge in [-0.1, -0.05) is 60.7 Å². The van der Waals surface area contributed by atoms with Gasteiger partial charge in [-0.2, -0.15) is 0 Å². The van der Waals surface area contributed by atoms with Crippen LogP contribution in [0.25, 0.3) is 0 Å². The van der Waals surface area contributed by atoms with Gasteiger partial charge in [0.25, 0.3) is 0 Å². The van der Waals surface area contributed by atoms with E-state index in [0.717, 1.165) is 11.1 Å². The molecule has 0 unspecified atom stereocenters. The molecule has 176 valence electrons. The number of carbonyl (C=O) groups is 3. The first-order valence-corrected chi connectivity index (χ1v) is 11.1. The highest BCUT2D eigenvalue weighted by atomic mass is 16.5. The molecule has 0 aliphatic rings. The highest BCUT2D eigenvalue weighted by Gasteiger charge is 2.26. The van der Waals surface area contributed by atoms with Crippen molar-refractivity contribution < 1.29 is 19.1 Å². The van der Waals surface area contributed by atoms with E-state index in [1.54, 1.807) is 31.5 Å². The average Bonchev–Trinajstić information content (AvgIpc) is 2.85. The second kappa shape index (κ2) is 12.7. The Bertz CT molecular complexity index is 1060. The van der Waals surface area contributed by atoms with E-state index in [2.05, 4.69) is 20.9 Å². The molecule has 0 spiro atoms. The summed E-state index contributed by atoms with van der Waals surface area (Å²) in [4.78, 5) is 42.3. The largest absolute Gasteiger partial charge is 0.464 e. The van der Waals surface area contributed by atoms with Crippen LogP contribution < -0.4 is 16.0 Å². The van der Waals surface area contributed by atoms with Gasteiger partial charge in [0.1, 0.15) is 12.1 Å². The summed E-state index contributed by atoms with van der Waals surface area (Å²) in [6.45, 7) is 1.90. The lowest BCUT2D eigenvalue weighted by Gasteiger charge is -2.22. The standard InChI is InChI=1S/C26H28N4O4/c1-2-34-25(32)23(18-20-11-7-4-8-12-20)30-26(33)29-22(17-19-9-5-3-6-10-19)24(31)28-21-13-15-27-16-14-21/h3-16,22-23H,2,17-18H2,1H3,(H,27,28,31)(H2,29,30,33)/t22-,23-/m0/s1. The number of urea groups is 1. The van der Waals surface area contributed by atoms with Crippen LogP contribution in [0.5, 0.6) is 0 Å². The summed E-state index contributed by atoms with van der Waals surface area (Å²) in [6.07, 6.45) is 3.67. The normalized spacial score (nSPS) is 12.1. The van der Waals surface area contributed by atoms with Crippen LogP contribution in [-0.2, 0) is 27.2 Å². The number of anilines is 1. The molecule has 0 radical (unpaired) electrons. The van der Waals surface area contributed by atoms with Gasteiger partial charge in [-0.3, -0.25) is 9.78 Å². The fraction of sp³-hybridized carbons (Fsp3) is 0.231. The number of nitrogens with one attached hydrogen (secondary N) is 3. The number of pyridine rings is 1. The van der Waals surface area contributed by atoms with Crippen molar-refractivity contribution in [2.24, 2.45) is 0 Å². The van der Waals surface area contributed by atoms with Crippen LogP contribution in [0, 0.1) is 0 Å². The summed E-state index contributed by atoms with van der Waals surface area (Å²) in [5, 5.41) is 8.17. The van der Waals surface area contributed by atoms with Crippen LogP contribution in [0.15, 0.2) is 85.2 Å². The van der Waals surface area contributed by atoms with Crippen LogP contribution in [0.2, 0.25) is 0 Å². The van der Waals surface area contributed by atoms with Gasteiger partial charge < -0.3 is 20.7 Å². The lowest BCUT2D eigenvalue weighted by molar-refractivity contribution is -0.145. The summed E-state index contributed by atoms with van der Waals surface area (Å²) in [5.41, 5.74) is 2.31. The molecule has 0 saturated heterocycles. The third kappa shape index (κ3) is 7.74. The lowest BCUT2D eigenvalue weighted by atomic mass is 10.0. The number of amides is 3. The number of carbonyl (C=O) groups excluding carboxylic acids is 3.